The second-order valence-corrected chi connectivity index (χ2v) is 8.27. The van der Waals surface area contributed by atoms with E-state index in [9.17, 15) is 13.2 Å². The number of hydrogen-bond acceptors (Lipinski definition) is 3. The van der Waals surface area contributed by atoms with Crippen molar-refractivity contribution >= 4 is 15.9 Å². The zero-order valence-electron chi connectivity index (χ0n) is 14.2. The number of nitrogens with one attached hydrogen (secondary N) is 1. The predicted octanol–water partition coefficient (Wildman–Crippen LogP) is 2.19. The first-order valence-corrected chi connectivity index (χ1v) is 9.32. The summed E-state index contributed by atoms with van der Waals surface area (Å²) in [5, 5.41) is 2.86. The molecule has 1 aromatic carbocycles. The lowest BCUT2D eigenvalue weighted by Crippen LogP contribution is -2.44. The molecule has 1 aromatic rings. The molecule has 1 atom stereocenters. The van der Waals surface area contributed by atoms with E-state index in [1.807, 2.05) is 20.8 Å². The van der Waals surface area contributed by atoms with Crippen LogP contribution in [0.15, 0.2) is 12.1 Å². The molecule has 0 radical (unpaired) electrons. The molecular weight excluding hydrogens is 300 g/mol. The van der Waals surface area contributed by atoms with Crippen molar-refractivity contribution in [2.45, 2.75) is 40.3 Å². The largest absolute Gasteiger partial charge is 0.334 e. The van der Waals surface area contributed by atoms with Crippen molar-refractivity contribution in [1.82, 2.24) is 10.2 Å². The minimum atomic E-state index is -3.11. The fourth-order valence-electron chi connectivity index (χ4n) is 2.53. The highest BCUT2D eigenvalue weighted by atomic mass is 32.2. The Balaban J connectivity index is 2.70. The Kier molecular flexibility index (Phi) is 6.00. The maximum absolute atomic E-state index is 12.2. The molecule has 0 saturated heterocycles. The van der Waals surface area contributed by atoms with Crippen LogP contribution in [-0.4, -0.2) is 44.4 Å². The van der Waals surface area contributed by atoms with E-state index in [4.69, 9.17) is 0 Å². The standard InChI is InChI=1S/C16H26N2O3S/c1-11-7-12(2)15(13(3)8-11)9-17-16(19)18(5)14(4)10-22(6,20)21/h7-8,14H,9-10H2,1-6H3,(H,17,19)/t14-/m0/s1. The summed E-state index contributed by atoms with van der Waals surface area (Å²) >= 11 is 0. The zero-order valence-corrected chi connectivity index (χ0v) is 15.0. The molecule has 0 fully saturated rings. The lowest BCUT2D eigenvalue weighted by molar-refractivity contribution is 0.197. The summed E-state index contributed by atoms with van der Waals surface area (Å²) < 4.78 is 22.6. The smallest absolute Gasteiger partial charge is 0.317 e. The maximum Gasteiger partial charge on any atom is 0.317 e. The number of nitrogens with zero attached hydrogens (tertiary/aromatic N) is 1. The Morgan fingerprint density at radius 2 is 1.73 bits per heavy atom. The van der Waals surface area contributed by atoms with Crippen LogP contribution in [0.3, 0.4) is 0 Å². The van der Waals surface area contributed by atoms with Gasteiger partial charge in [-0.15, -0.1) is 0 Å². The van der Waals surface area contributed by atoms with Crippen molar-refractivity contribution in [3.8, 4) is 0 Å². The number of benzene rings is 1. The van der Waals surface area contributed by atoms with Crippen molar-refractivity contribution in [3.05, 3.63) is 34.4 Å². The van der Waals surface area contributed by atoms with Gasteiger partial charge in [-0.05, 0) is 44.4 Å². The average Bonchev–Trinajstić information content (AvgIpc) is 2.34. The Labute approximate surface area is 133 Å². The third-order valence-electron chi connectivity index (χ3n) is 3.78. The van der Waals surface area contributed by atoms with Crippen LogP contribution in [-0.2, 0) is 16.4 Å². The van der Waals surface area contributed by atoms with Gasteiger partial charge in [0, 0.05) is 25.9 Å². The molecule has 124 valence electrons. The number of sulfone groups is 1. The molecule has 0 aromatic heterocycles. The first-order chi connectivity index (χ1) is 10.0. The summed E-state index contributed by atoms with van der Waals surface area (Å²) in [6.45, 7) is 8.26. The molecule has 0 aliphatic carbocycles. The minimum absolute atomic E-state index is 0.0422. The van der Waals surface area contributed by atoms with Gasteiger partial charge in [-0.3, -0.25) is 0 Å². The van der Waals surface area contributed by atoms with E-state index in [1.165, 1.54) is 16.7 Å². The van der Waals surface area contributed by atoms with Crippen LogP contribution in [0.5, 0.6) is 0 Å². The number of aryl methyl sites for hydroxylation is 3. The molecule has 6 heteroatoms. The predicted molar refractivity (Wildman–Crippen MR) is 89.8 cm³/mol. The van der Waals surface area contributed by atoms with Gasteiger partial charge < -0.3 is 10.2 Å². The number of urea groups is 1. The Morgan fingerprint density at radius 1 is 1.23 bits per heavy atom. The molecule has 0 unspecified atom stereocenters. The SMILES string of the molecule is Cc1cc(C)c(CNC(=O)N(C)[C@@H](C)CS(C)(=O)=O)c(C)c1. The van der Waals surface area contributed by atoms with Gasteiger partial charge >= 0.3 is 6.03 Å². The molecule has 0 aliphatic rings. The van der Waals surface area contributed by atoms with E-state index in [1.54, 1.807) is 14.0 Å². The second-order valence-electron chi connectivity index (χ2n) is 6.09. The highest BCUT2D eigenvalue weighted by Gasteiger charge is 2.19. The molecule has 0 spiro atoms. The lowest BCUT2D eigenvalue weighted by atomic mass is 10.00. The Hall–Kier alpha value is -1.56. The first kappa shape index (κ1) is 18.5. The van der Waals surface area contributed by atoms with E-state index >= 15 is 0 Å². The third kappa shape index (κ3) is 5.33. The highest BCUT2D eigenvalue weighted by molar-refractivity contribution is 7.90. The van der Waals surface area contributed by atoms with E-state index in [2.05, 4.69) is 17.4 Å². The first-order valence-electron chi connectivity index (χ1n) is 7.26. The van der Waals surface area contributed by atoms with E-state index < -0.39 is 9.84 Å². The van der Waals surface area contributed by atoms with Gasteiger partial charge in [0.1, 0.15) is 9.84 Å². The normalized spacial score (nSPS) is 12.8. The summed E-state index contributed by atoms with van der Waals surface area (Å²) in [7, 11) is -1.50. The van der Waals surface area contributed by atoms with Crippen LogP contribution >= 0.6 is 0 Å². The molecule has 5 nitrogen and oxygen atoms in total. The van der Waals surface area contributed by atoms with Gasteiger partial charge in [0.15, 0.2) is 0 Å². The molecule has 0 saturated carbocycles. The van der Waals surface area contributed by atoms with Gasteiger partial charge in [0.2, 0.25) is 0 Å². The Bertz CT molecular complexity index is 630. The molecule has 0 heterocycles. The molecule has 1 N–H and O–H groups in total. The van der Waals surface area contributed by atoms with Crippen LogP contribution in [0.2, 0.25) is 0 Å². The fourth-order valence-corrected chi connectivity index (χ4v) is 3.63. The number of carbonyl (C=O) groups is 1. The van der Waals surface area contributed by atoms with Gasteiger partial charge in [-0.25, -0.2) is 13.2 Å². The van der Waals surface area contributed by atoms with Gasteiger partial charge in [0.25, 0.3) is 0 Å². The lowest BCUT2D eigenvalue weighted by Gasteiger charge is -2.25. The second kappa shape index (κ2) is 7.13. The van der Waals surface area contributed by atoms with E-state index in [0.29, 0.717) is 6.54 Å². The molecule has 0 bridgehead atoms. The summed E-state index contributed by atoms with van der Waals surface area (Å²) in [5.74, 6) is -0.0422. The Morgan fingerprint density at radius 3 is 2.18 bits per heavy atom. The van der Waals surface area contributed by atoms with E-state index in [-0.39, 0.29) is 17.8 Å². The van der Waals surface area contributed by atoms with Crippen molar-refractivity contribution in [2.24, 2.45) is 0 Å². The minimum Gasteiger partial charge on any atom is -0.334 e. The van der Waals surface area contributed by atoms with Crippen molar-refractivity contribution in [2.75, 3.05) is 19.1 Å². The van der Waals surface area contributed by atoms with Crippen molar-refractivity contribution in [1.29, 1.82) is 0 Å². The molecule has 22 heavy (non-hydrogen) atoms. The average molecular weight is 326 g/mol. The van der Waals surface area contributed by atoms with Gasteiger partial charge in [-0.2, -0.15) is 0 Å². The molecule has 0 aliphatic heterocycles. The highest BCUT2D eigenvalue weighted by Crippen LogP contribution is 2.16. The van der Waals surface area contributed by atoms with Gasteiger partial charge in [-0.1, -0.05) is 17.7 Å². The van der Waals surface area contributed by atoms with E-state index in [0.717, 1.165) is 16.7 Å². The molecule has 1 rings (SSSR count). The molecular formula is C16H26N2O3S. The number of carbonyl (C=O) groups excluding carboxylic acids is 1. The fraction of sp³-hybridized carbons (Fsp3) is 0.562. The van der Waals surface area contributed by atoms with Gasteiger partial charge in [0.05, 0.1) is 5.75 Å². The van der Waals surface area contributed by atoms with Crippen molar-refractivity contribution < 1.29 is 13.2 Å². The summed E-state index contributed by atoms with van der Waals surface area (Å²) in [4.78, 5) is 13.6. The summed E-state index contributed by atoms with van der Waals surface area (Å²) in [6.07, 6.45) is 1.17. The third-order valence-corrected chi connectivity index (χ3v) is 4.87. The zero-order chi connectivity index (χ0) is 17.1. The number of amides is 2. The van der Waals surface area contributed by atoms with Crippen LogP contribution in [0.25, 0.3) is 0 Å². The monoisotopic (exact) mass is 326 g/mol. The number of hydrogen-bond donors (Lipinski definition) is 1. The number of rotatable bonds is 5. The summed E-state index contributed by atoms with van der Waals surface area (Å²) in [6, 6.07) is 3.54. The molecule has 2 amide bonds. The van der Waals surface area contributed by atoms with Crippen LogP contribution in [0.4, 0.5) is 4.79 Å². The quantitative estimate of drug-likeness (QED) is 0.902. The van der Waals surface area contributed by atoms with Crippen molar-refractivity contribution in [3.63, 3.8) is 0 Å². The van der Waals surface area contributed by atoms with Crippen LogP contribution in [0.1, 0.15) is 29.2 Å². The topological polar surface area (TPSA) is 66.5 Å². The maximum atomic E-state index is 12.2. The van der Waals surface area contributed by atoms with Crippen LogP contribution in [0, 0.1) is 20.8 Å². The summed E-state index contributed by atoms with van der Waals surface area (Å²) in [5.41, 5.74) is 4.58. The van der Waals surface area contributed by atoms with Crippen LogP contribution < -0.4 is 5.32 Å².